The molecule has 1 amide bonds. The predicted octanol–water partition coefficient (Wildman–Crippen LogP) is 2.74. The third-order valence-corrected chi connectivity index (χ3v) is 3.37. The SMILES string of the molecule is Cc1nn(C)c(NC(=O)c2ccccc2)c1Br. The van der Waals surface area contributed by atoms with Crippen LogP contribution in [0.15, 0.2) is 34.8 Å². The maximum absolute atomic E-state index is 12.0. The smallest absolute Gasteiger partial charge is 0.256 e. The molecule has 0 aliphatic carbocycles. The number of hydrogen-bond donors (Lipinski definition) is 1. The molecule has 1 aromatic carbocycles. The number of nitrogens with zero attached hydrogens (tertiary/aromatic N) is 2. The first kappa shape index (κ1) is 11.9. The number of amides is 1. The molecule has 0 saturated carbocycles. The highest BCUT2D eigenvalue weighted by Crippen LogP contribution is 2.25. The first-order chi connectivity index (χ1) is 8.09. The van der Waals surface area contributed by atoms with Crippen molar-refractivity contribution in [2.45, 2.75) is 6.92 Å². The van der Waals surface area contributed by atoms with Crippen LogP contribution in [0.4, 0.5) is 5.82 Å². The zero-order chi connectivity index (χ0) is 12.4. The van der Waals surface area contributed by atoms with Gasteiger partial charge in [0.15, 0.2) is 0 Å². The highest BCUT2D eigenvalue weighted by Gasteiger charge is 2.14. The first-order valence-electron chi connectivity index (χ1n) is 5.15. The van der Waals surface area contributed by atoms with Crippen molar-refractivity contribution >= 4 is 27.7 Å². The molecule has 88 valence electrons. The van der Waals surface area contributed by atoms with Gasteiger partial charge >= 0.3 is 0 Å². The number of anilines is 1. The number of benzene rings is 1. The van der Waals surface area contributed by atoms with Crippen LogP contribution < -0.4 is 5.32 Å². The van der Waals surface area contributed by atoms with E-state index in [0.717, 1.165) is 10.2 Å². The van der Waals surface area contributed by atoms with Crippen LogP contribution in [0.3, 0.4) is 0 Å². The number of aromatic nitrogens is 2. The highest BCUT2D eigenvalue weighted by atomic mass is 79.9. The summed E-state index contributed by atoms with van der Waals surface area (Å²) in [6.07, 6.45) is 0. The molecule has 0 aliphatic heterocycles. The lowest BCUT2D eigenvalue weighted by atomic mass is 10.2. The highest BCUT2D eigenvalue weighted by molar-refractivity contribution is 9.10. The fourth-order valence-electron chi connectivity index (χ4n) is 1.54. The molecule has 1 heterocycles. The van der Waals surface area contributed by atoms with E-state index in [1.54, 1.807) is 23.9 Å². The van der Waals surface area contributed by atoms with Crippen LogP contribution in [0.1, 0.15) is 16.1 Å². The summed E-state index contributed by atoms with van der Waals surface area (Å²) >= 11 is 3.40. The summed E-state index contributed by atoms with van der Waals surface area (Å²) in [4.78, 5) is 12.0. The van der Waals surface area contributed by atoms with Crippen molar-refractivity contribution in [3.8, 4) is 0 Å². The first-order valence-corrected chi connectivity index (χ1v) is 5.94. The van der Waals surface area contributed by atoms with Gasteiger partial charge in [-0.25, -0.2) is 0 Å². The molecule has 0 radical (unpaired) electrons. The van der Waals surface area contributed by atoms with Crippen LogP contribution in [0.2, 0.25) is 0 Å². The van der Waals surface area contributed by atoms with Crippen LogP contribution in [-0.4, -0.2) is 15.7 Å². The quantitative estimate of drug-likeness (QED) is 0.925. The van der Waals surface area contributed by atoms with E-state index in [4.69, 9.17) is 0 Å². The molecule has 2 aromatic rings. The van der Waals surface area contributed by atoms with Crippen LogP contribution in [0.25, 0.3) is 0 Å². The lowest BCUT2D eigenvalue weighted by Gasteiger charge is -2.05. The monoisotopic (exact) mass is 293 g/mol. The average molecular weight is 294 g/mol. The molecular formula is C12H12BrN3O. The Morgan fingerprint density at radius 3 is 2.53 bits per heavy atom. The number of halogens is 1. The van der Waals surface area contributed by atoms with E-state index in [2.05, 4.69) is 26.3 Å². The Kier molecular flexibility index (Phi) is 3.28. The summed E-state index contributed by atoms with van der Waals surface area (Å²) in [6.45, 7) is 1.88. The Morgan fingerprint density at radius 2 is 2.00 bits per heavy atom. The molecule has 0 unspecified atom stereocenters. The Hall–Kier alpha value is -1.62. The van der Waals surface area contributed by atoms with Crippen molar-refractivity contribution in [3.05, 3.63) is 46.1 Å². The average Bonchev–Trinajstić information content (AvgIpc) is 2.57. The second-order valence-electron chi connectivity index (χ2n) is 3.69. The van der Waals surface area contributed by atoms with E-state index in [-0.39, 0.29) is 5.91 Å². The van der Waals surface area contributed by atoms with Crippen LogP contribution >= 0.6 is 15.9 Å². The standard InChI is InChI=1S/C12H12BrN3O/c1-8-10(13)11(16(2)15-8)14-12(17)9-6-4-3-5-7-9/h3-7H,1-2H3,(H,14,17). The van der Waals surface area contributed by atoms with E-state index in [9.17, 15) is 4.79 Å². The van der Waals surface area contributed by atoms with Gasteiger partial charge in [-0.05, 0) is 35.0 Å². The molecular weight excluding hydrogens is 282 g/mol. The molecule has 0 saturated heterocycles. The van der Waals surface area contributed by atoms with E-state index < -0.39 is 0 Å². The lowest BCUT2D eigenvalue weighted by Crippen LogP contribution is -2.14. The molecule has 0 spiro atoms. The summed E-state index contributed by atoms with van der Waals surface area (Å²) in [6, 6.07) is 9.08. The maximum atomic E-state index is 12.0. The normalized spacial score (nSPS) is 10.3. The molecule has 17 heavy (non-hydrogen) atoms. The number of nitrogens with one attached hydrogen (secondary N) is 1. The number of carbonyl (C=O) groups excluding carboxylic acids is 1. The summed E-state index contributed by atoms with van der Waals surface area (Å²) in [7, 11) is 1.79. The Bertz CT molecular complexity index is 548. The van der Waals surface area contributed by atoms with E-state index >= 15 is 0 Å². The fraction of sp³-hybridized carbons (Fsp3) is 0.167. The zero-order valence-corrected chi connectivity index (χ0v) is 11.2. The van der Waals surface area contributed by atoms with Crippen molar-refractivity contribution in [1.82, 2.24) is 9.78 Å². The van der Waals surface area contributed by atoms with Gasteiger partial charge in [-0.15, -0.1) is 0 Å². The minimum Gasteiger partial charge on any atom is -0.306 e. The molecule has 4 nitrogen and oxygen atoms in total. The van der Waals surface area contributed by atoms with Gasteiger partial charge in [0, 0.05) is 12.6 Å². The van der Waals surface area contributed by atoms with Crippen LogP contribution in [0, 0.1) is 6.92 Å². The third kappa shape index (κ3) is 2.39. The second kappa shape index (κ2) is 4.71. The van der Waals surface area contributed by atoms with Crippen LogP contribution in [-0.2, 0) is 7.05 Å². The van der Waals surface area contributed by atoms with E-state index in [0.29, 0.717) is 11.4 Å². The summed E-state index contributed by atoms with van der Waals surface area (Å²) in [5, 5.41) is 7.04. The molecule has 0 aliphatic rings. The Labute approximate surface area is 108 Å². The topological polar surface area (TPSA) is 46.9 Å². The maximum Gasteiger partial charge on any atom is 0.256 e. The van der Waals surface area contributed by atoms with Crippen LogP contribution in [0.5, 0.6) is 0 Å². The molecule has 1 N–H and O–H groups in total. The largest absolute Gasteiger partial charge is 0.306 e. The van der Waals surface area contributed by atoms with Gasteiger partial charge in [0.1, 0.15) is 5.82 Å². The predicted molar refractivity (Wildman–Crippen MR) is 70.0 cm³/mol. The van der Waals surface area contributed by atoms with Gasteiger partial charge in [0.05, 0.1) is 10.2 Å². The molecule has 0 atom stereocenters. The summed E-state index contributed by atoms with van der Waals surface area (Å²) in [5.74, 6) is 0.519. The molecule has 5 heteroatoms. The molecule has 0 fully saturated rings. The number of carbonyl (C=O) groups is 1. The van der Waals surface area contributed by atoms with Crippen molar-refractivity contribution in [2.75, 3.05) is 5.32 Å². The number of hydrogen-bond acceptors (Lipinski definition) is 2. The van der Waals surface area contributed by atoms with E-state index in [1.807, 2.05) is 25.1 Å². The van der Waals surface area contributed by atoms with Gasteiger partial charge in [-0.3, -0.25) is 9.48 Å². The van der Waals surface area contributed by atoms with Crippen molar-refractivity contribution < 1.29 is 4.79 Å². The lowest BCUT2D eigenvalue weighted by molar-refractivity contribution is 0.102. The second-order valence-corrected chi connectivity index (χ2v) is 4.48. The van der Waals surface area contributed by atoms with Gasteiger partial charge in [-0.2, -0.15) is 5.10 Å². The molecule has 2 rings (SSSR count). The minimum atomic E-state index is -0.144. The Morgan fingerprint density at radius 1 is 1.35 bits per heavy atom. The zero-order valence-electron chi connectivity index (χ0n) is 9.57. The Balaban J connectivity index is 2.25. The van der Waals surface area contributed by atoms with E-state index in [1.165, 1.54) is 0 Å². The minimum absolute atomic E-state index is 0.144. The fourth-order valence-corrected chi connectivity index (χ4v) is 1.97. The van der Waals surface area contributed by atoms with Crippen molar-refractivity contribution in [3.63, 3.8) is 0 Å². The number of aryl methyl sites for hydroxylation is 2. The van der Waals surface area contributed by atoms with Gasteiger partial charge in [0.2, 0.25) is 0 Å². The van der Waals surface area contributed by atoms with Gasteiger partial charge in [-0.1, -0.05) is 18.2 Å². The van der Waals surface area contributed by atoms with Gasteiger partial charge in [0.25, 0.3) is 5.91 Å². The third-order valence-electron chi connectivity index (χ3n) is 2.42. The summed E-state index contributed by atoms with van der Waals surface area (Å²) in [5.41, 5.74) is 1.47. The van der Waals surface area contributed by atoms with Crippen molar-refractivity contribution in [1.29, 1.82) is 0 Å². The van der Waals surface area contributed by atoms with Crippen molar-refractivity contribution in [2.24, 2.45) is 7.05 Å². The summed E-state index contributed by atoms with van der Waals surface area (Å²) < 4.78 is 2.45. The van der Waals surface area contributed by atoms with Gasteiger partial charge < -0.3 is 5.32 Å². The number of rotatable bonds is 2. The molecule has 1 aromatic heterocycles. The molecule has 0 bridgehead atoms.